The number of aliphatic hydroxyl groups is 1. The molecule has 6 heteroatoms. The molecule has 3 atom stereocenters. The molecule has 0 saturated carbocycles. The molecule has 4 rings (SSSR count). The monoisotopic (exact) mass is 398 g/mol. The van der Waals surface area contributed by atoms with Crippen LogP contribution in [0.4, 0.5) is 5.69 Å². The second-order valence-corrected chi connectivity index (χ2v) is 7.97. The zero-order chi connectivity index (χ0) is 19.8. The standard InChI is InChI=1S/C22H23ClN2O3/c1-13-11-12-25(22(13)28)15-7-5-14(6-8-15)16-3-2-4-17(20(16)23)18-9-10-19(26)24-21(18)27/h2-8,13,18,21,27H,9-12H2,1H3,(H,24,26). The first kappa shape index (κ1) is 19.0. The molecule has 2 heterocycles. The molecular formula is C22H23ClN2O3. The number of hydrogen-bond donors (Lipinski definition) is 2. The van der Waals surface area contributed by atoms with Crippen LogP contribution in [0.2, 0.25) is 5.02 Å². The second-order valence-electron chi connectivity index (χ2n) is 7.59. The Bertz CT molecular complexity index is 912. The van der Waals surface area contributed by atoms with Gasteiger partial charge >= 0.3 is 0 Å². The van der Waals surface area contributed by atoms with Crippen LogP contribution in [0.1, 0.15) is 37.7 Å². The lowest BCUT2D eigenvalue weighted by atomic mass is 9.88. The van der Waals surface area contributed by atoms with Gasteiger partial charge in [0, 0.05) is 36.1 Å². The van der Waals surface area contributed by atoms with Crippen molar-refractivity contribution in [2.75, 3.05) is 11.4 Å². The Morgan fingerprint density at radius 2 is 1.86 bits per heavy atom. The minimum atomic E-state index is -0.931. The lowest BCUT2D eigenvalue weighted by Crippen LogP contribution is -2.43. The lowest BCUT2D eigenvalue weighted by molar-refractivity contribution is -0.127. The first-order valence-corrected chi connectivity index (χ1v) is 10.0. The van der Waals surface area contributed by atoms with Crippen LogP contribution in [-0.4, -0.2) is 29.7 Å². The molecule has 2 N–H and O–H groups in total. The summed E-state index contributed by atoms with van der Waals surface area (Å²) in [5.41, 5.74) is 3.55. The highest BCUT2D eigenvalue weighted by Crippen LogP contribution is 2.38. The van der Waals surface area contributed by atoms with Crippen molar-refractivity contribution in [2.24, 2.45) is 5.92 Å². The van der Waals surface area contributed by atoms with Gasteiger partial charge in [-0.05, 0) is 36.1 Å². The van der Waals surface area contributed by atoms with E-state index in [0.29, 0.717) is 17.9 Å². The fourth-order valence-electron chi connectivity index (χ4n) is 4.07. The average Bonchev–Trinajstić information content (AvgIpc) is 3.02. The molecule has 0 aromatic heterocycles. The van der Waals surface area contributed by atoms with Gasteiger partial charge in [0.2, 0.25) is 11.8 Å². The zero-order valence-corrected chi connectivity index (χ0v) is 16.4. The van der Waals surface area contributed by atoms with Crippen LogP contribution < -0.4 is 10.2 Å². The highest BCUT2D eigenvalue weighted by Gasteiger charge is 2.31. The van der Waals surface area contributed by atoms with E-state index in [1.807, 2.05) is 54.3 Å². The quantitative estimate of drug-likeness (QED) is 0.828. The Labute approximate surface area is 169 Å². The number of rotatable bonds is 3. The second kappa shape index (κ2) is 7.57. The number of anilines is 1. The van der Waals surface area contributed by atoms with Crippen LogP contribution in [-0.2, 0) is 9.59 Å². The Kier molecular flexibility index (Phi) is 5.13. The summed E-state index contributed by atoms with van der Waals surface area (Å²) in [6.07, 6.45) is 0.887. The molecule has 3 unspecified atom stereocenters. The number of hydrogen-bond acceptors (Lipinski definition) is 3. The van der Waals surface area contributed by atoms with Crippen LogP contribution in [0.15, 0.2) is 42.5 Å². The third-order valence-electron chi connectivity index (χ3n) is 5.76. The van der Waals surface area contributed by atoms with Crippen LogP contribution >= 0.6 is 11.6 Å². The van der Waals surface area contributed by atoms with Gasteiger partial charge in [0.15, 0.2) is 0 Å². The Hall–Kier alpha value is -2.37. The summed E-state index contributed by atoms with van der Waals surface area (Å²) in [6, 6.07) is 13.6. The van der Waals surface area contributed by atoms with Gasteiger partial charge in [0.25, 0.3) is 0 Å². The fraction of sp³-hybridized carbons (Fsp3) is 0.364. The molecule has 2 saturated heterocycles. The van der Waals surface area contributed by atoms with E-state index in [2.05, 4.69) is 5.32 Å². The van der Waals surface area contributed by atoms with Crippen molar-refractivity contribution in [3.63, 3.8) is 0 Å². The number of amides is 2. The number of piperidine rings is 1. The summed E-state index contributed by atoms with van der Waals surface area (Å²) in [5.74, 6) is -0.125. The molecular weight excluding hydrogens is 376 g/mol. The van der Waals surface area contributed by atoms with Gasteiger partial charge in [-0.2, -0.15) is 0 Å². The van der Waals surface area contributed by atoms with E-state index in [1.54, 1.807) is 0 Å². The summed E-state index contributed by atoms with van der Waals surface area (Å²) in [4.78, 5) is 25.5. The number of carbonyl (C=O) groups excluding carboxylic acids is 2. The molecule has 2 fully saturated rings. The average molecular weight is 399 g/mol. The molecule has 0 radical (unpaired) electrons. The third kappa shape index (κ3) is 3.40. The molecule has 0 spiro atoms. The van der Waals surface area contributed by atoms with Crippen molar-refractivity contribution in [1.29, 1.82) is 0 Å². The van der Waals surface area contributed by atoms with Crippen molar-refractivity contribution in [1.82, 2.24) is 5.32 Å². The van der Waals surface area contributed by atoms with Crippen molar-refractivity contribution in [3.05, 3.63) is 53.1 Å². The van der Waals surface area contributed by atoms with Crippen LogP contribution in [0, 0.1) is 5.92 Å². The number of aliphatic hydroxyl groups excluding tert-OH is 1. The van der Waals surface area contributed by atoms with Crippen molar-refractivity contribution < 1.29 is 14.7 Å². The van der Waals surface area contributed by atoms with E-state index in [-0.39, 0.29) is 23.7 Å². The van der Waals surface area contributed by atoms with E-state index in [1.165, 1.54) is 0 Å². The summed E-state index contributed by atoms with van der Waals surface area (Å²) in [7, 11) is 0. The van der Waals surface area contributed by atoms with Crippen LogP contribution in [0.5, 0.6) is 0 Å². The van der Waals surface area contributed by atoms with Crippen LogP contribution in [0.25, 0.3) is 11.1 Å². The number of benzene rings is 2. The largest absolute Gasteiger partial charge is 0.373 e. The van der Waals surface area contributed by atoms with Crippen LogP contribution in [0.3, 0.4) is 0 Å². The van der Waals surface area contributed by atoms with Gasteiger partial charge < -0.3 is 15.3 Å². The number of nitrogens with one attached hydrogen (secondary N) is 1. The molecule has 5 nitrogen and oxygen atoms in total. The Morgan fingerprint density at radius 1 is 1.11 bits per heavy atom. The molecule has 2 amide bonds. The predicted molar refractivity (Wildman–Crippen MR) is 109 cm³/mol. The predicted octanol–water partition coefficient (Wildman–Crippen LogP) is 3.69. The summed E-state index contributed by atoms with van der Waals surface area (Å²) >= 11 is 6.70. The van der Waals surface area contributed by atoms with Gasteiger partial charge in [0.05, 0.1) is 5.02 Å². The molecule has 2 aliphatic rings. The molecule has 2 aromatic rings. The Morgan fingerprint density at radius 3 is 2.50 bits per heavy atom. The summed E-state index contributed by atoms with van der Waals surface area (Å²) < 4.78 is 0. The van der Waals surface area contributed by atoms with E-state index in [4.69, 9.17) is 11.6 Å². The highest BCUT2D eigenvalue weighted by atomic mass is 35.5. The third-order valence-corrected chi connectivity index (χ3v) is 6.19. The van der Waals surface area contributed by atoms with Gasteiger partial charge in [-0.3, -0.25) is 9.59 Å². The van der Waals surface area contributed by atoms with Gasteiger partial charge in [-0.25, -0.2) is 0 Å². The zero-order valence-electron chi connectivity index (χ0n) is 15.7. The van der Waals surface area contributed by atoms with E-state index < -0.39 is 6.23 Å². The van der Waals surface area contributed by atoms with Gasteiger partial charge in [-0.1, -0.05) is 48.9 Å². The molecule has 0 bridgehead atoms. The Balaban J connectivity index is 1.61. The normalized spacial score (nSPS) is 25.1. The molecule has 28 heavy (non-hydrogen) atoms. The first-order chi connectivity index (χ1) is 13.5. The molecule has 2 aromatic carbocycles. The lowest BCUT2D eigenvalue weighted by Gasteiger charge is -2.29. The van der Waals surface area contributed by atoms with Gasteiger partial charge in [0.1, 0.15) is 6.23 Å². The maximum absolute atomic E-state index is 12.2. The maximum Gasteiger partial charge on any atom is 0.229 e. The number of carbonyl (C=O) groups is 2. The summed E-state index contributed by atoms with van der Waals surface area (Å²) in [5, 5.41) is 13.4. The topological polar surface area (TPSA) is 69.6 Å². The first-order valence-electron chi connectivity index (χ1n) is 9.63. The van der Waals surface area contributed by atoms with E-state index in [9.17, 15) is 14.7 Å². The molecule has 0 aliphatic carbocycles. The number of halogens is 1. The van der Waals surface area contributed by atoms with Crippen molar-refractivity contribution in [3.8, 4) is 11.1 Å². The minimum Gasteiger partial charge on any atom is -0.373 e. The fourth-order valence-corrected chi connectivity index (χ4v) is 4.44. The van der Waals surface area contributed by atoms with Gasteiger partial charge in [-0.15, -0.1) is 0 Å². The van der Waals surface area contributed by atoms with Crippen molar-refractivity contribution >= 4 is 29.1 Å². The van der Waals surface area contributed by atoms with E-state index >= 15 is 0 Å². The highest BCUT2D eigenvalue weighted by molar-refractivity contribution is 6.34. The summed E-state index contributed by atoms with van der Waals surface area (Å²) in [6.45, 7) is 2.71. The van der Waals surface area contributed by atoms with Crippen molar-refractivity contribution in [2.45, 2.75) is 38.3 Å². The minimum absolute atomic E-state index is 0.0771. The molecule has 2 aliphatic heterocycles. The maximum atomic E-state index is 12.2. The smallest absolute Gasteiger partial charge is 0.229 e. The van der Waals surface area contributed by atoms with E-state index in [0.717, 1.165) is 35.3 Å². The number of nitrogens with zero attached hydrogens (tertiary/aromatic N) is 1. The molecule has 146 valence electrons. The SMILES string of the molecule is CC1CCN(c2ccc(-c3cccc(C4CCC(=O)NC4O)c3Cl)cc2)C1=O.